The Morgan fingerprint density at radius 3 is 2.29 bits per heavy atom. The second kappa shape index (κ2) is 1.45. The maximum absolute atomic E-state index is 4.92. The van der Waals surface area contributed by atoms with Crippen LogP contribution in [0.1, 0.15) is 13.8 Å². The average Bonchev–Trinajstić information content (AvgIpc) is 1.87. The van der Waals surface area contributed by atoms with E-state index in [1.807, 2.05) is 6.92 Å². The van der Waals surface area contributed by atoms with Crippen LogP contribution in [0.25, 0.3) is 0 Å². The number of ether oxygens (including phenoxy) is 2. The molecule has 1 aliphatic heterocycles. The Kier molecular flexibility index (Phi) is 0.929. The maximum atomic E-state index is 4.92. The molecule has 0 aromatic carbocycles. The molecule has 0 saturated heterocycles. The van der Waals surface area contributed by atoms with Crippen molar-refractivity contribution in [1.82, 2.24) is 0 Å². The summed E-state index contributed by atoms with van der Waals surface area (Å²) in [5, 5.41) is 0. The molecule has 0 unspecified atom stereocenters. The summed E-state index contributed by atoms with van der Waals surface area (Å²) in [7, 11) is 0. The van der Waals surface area contributed by atoms with Crippen molar-refractivity contribution in [3.05, 3.63) is 18.3 Å². The van der Waals surface area contributed by atoms with Gasteiger partial charge in [-0.2, -0.15) is 0 Å². The number of hydrogen-bond donors (Lipinski definition) is 0. The van der Waals surface area contributed by atoms with Gasteiger partial charge in [-0.3, -0.25) is 0 Å². The van der Waals surface area contributed by atoms with Crippen LogP contribution in [0.2, 0.25) is 0 Å². The normalized spacial score (nSPS) is 20.6. The summed E-state index contributed by atoms with van der Waals surface area (Å²) < 4.78 is 9.71. The molecule has 0 fully saturated rings. The predicted molar refractivity (Wildman–Crippen MR) is 24.8 cm³/mol. The van der Waals surface area contributed by atoms with Crippen LogP contribution in [0, 0.1) is 6.29 Å². The third-order valence-corrected chi connectivity index (χ3v) is 0.696. The molecular formula is C5H7O2. The standard InChI is InChI=1S/C5H7O2/c1-4-3-6-5(2)7-4/h3H,1-2H3. The quantitative estimate of drug-likeness (QED) is 0.457. The highest BCUT2D eigenvalue weighted by Gasteiger charge is 2.10. The van der Waals surface area contributed by atoms with E-state index >= 15 is 0 Å². The first-order valence-electron chi connectivity index (χ1n) is 2.14. The predicted octanol–water partition coefficient (Wildman–Crippen LogP) is 1.40. The second-order valence-corrected chi connectivity index (χ2v) is 1.44. The van der Waals surface area contributed by atoms with E-state index in [0.29, 0.717) is 6.29 Å². The molecule has 2 nitrogen and oxygen atoms in total. The first-order chi connectivity index (χ1) is 3.29. The van der Waals surface area contributed by atoms with Gasteiger partial charge in [0.05, 0.1) is 0 Å². The third kappa shape index (κ3) is 0.856. The second-order valence-electron chi connectivity index (χ2n) is 1.44. The van der Waals surface area contributed by atoms with Gasteiger partial charge in [-0.25, -0.2) is 0 Å². The van der Waals surface area contributed by atoms with Crippen LogP contribution in [-0.2, 0) is 9.47 Å². The summed E-state index contributed by atoms with van der Waals surface area (Å²) in [5.41, 5.74) is 0. The van der Waals surface area contributed by atoms with E-state index < -0.39 is 0 Å². The fraction of sp³-hybridized carbons (Fsp3) is 0.400. The molecule has 0 amide bonds. The molecule has 1 heterocycles. The van der Waals surface area contributed by atoms with Crippen LogP contribution in [0.3, 0.4) is 0 Å². The van der Waals surface area contributed by atoms with E-state index in [-0.39, 0.29) is 0 Å². The number of rotatable bonds is 0. The molecule has 0 aliphatic carbocycles. The maximum Gasteiger partial charge on any atom is 0.325 e. The third-order valence-electron chi connectivity index (χ3n) is 0.696. The van der Waals surface area contributed by atoms with Gasteiger partial charge in [-0.05, 0) is 6.92 Å². The molecule has 7 heavy (non-hydrogen) atoms. The smallest absolute Gasteiger partial charge is 0.325 e. The molecule has 1 rings (SSSR count). The highest BCUT2D eigenvalue weighted by Crippen LogP contribution is 2.17. The fourth-order valence-corrected chi connectivity index (χ4v) is 0.441. The molecule has 0 saturated carbocycles. The summed E-state index contributed by atoms with van der Waals surface area (Å²) in [5.74, 6) is 0.817. The van der Waals surface area contributed by atoms with Crippen LogP contribution in [0.5, 0.6) is 0 Å². The zero-order chi connectivity index (χ0) is 5.28. The van der Waals surface area contributed by atoms with Gasteiger partial charge in [0, 0.05) is 6.92 Å². The number of allylic oxidation sites excluding steroid dienone is 1. The Balaban J connectivity index is 2.42. The van der Waals surface area contributed by atoms with Crippen molar-refractivity contribution in [3.63, 3.8) is 0 Å². The Bertz CT molecular complexity index is 96.3. The van der Waals surface area contributed by atoms with Crippen molar-refractivity contribution >= 4 is 0 Å². The van der Waals surface area contributed by atoms with E-state index in [4.69, 9.17) is 9.47 Å². The minimum Gasteiger partial charge on any atom is -0.450 e. The summed E-state index contributed by atoms with van der Waals surface area (Å²) in [4.78, 5) is 0. The zero-order valence-electron chi connectivity index (χ0n) is 4.39. The molecule has 0 spiro atoms. The molecule has 0 atom stereocenters. The number of hydrogen-bond acceptors (Lipinski definition) is 2. The van der Waals surface area contributed by atoms with Crippen molar-refractivity contribution in [1.29, 1.82) is 0 Å². The lowest BCUT2D eigenvalue weighted by Crippen LogP contribution is -1.87. The van der Waals surface area contributed by atoms with Gasteiger partial charge in [0.25, 0.3) is 0 Å². The summed E-state index contributed by atoms with van der Waals surface area (Å²) in [6.07, 6.45) is 2.19. The topological polar surface area (TPSA) is 18.5 Å². The van der Waals surface area contributed by atoms with Gasteiger partial charge in [0.1, 0.15) is 12.0 Å². The molecule has 0 bridgehead atoms. The molecule has 1 aliphatic rings. The van der Waals surface area contributed by atoms with Gasteiger partial charge in [-0.15, -0.1) is 0 Å². The van der Waals surface area contributed by atoms with Crippen LogP contribution < -0.4 is 0 Å². The van der Waals surface area contributed by atoms with Gasteiger partial charge in [-0.1, -0.05) is 0 Å². The Labute approximate surface area is 42.7 Å². The Morgan fingerprint density at radius 2 is 2.14 bits per heavy atom. The van der Waals surface area contributed by atoms with Crippen LogP contribution in [0.4, 0.5) is 0 Å². The molecule has 1 radical (unpaired) electrons. The molecular weight excluding hydrogens is 92.1 g/mol. The fourth-order valence-electron chi connectivity index (χ4n) is 0.441. The van der Waals surface area contributed by atoms with E-state index in [1.165, 1.54) is 0 Å². The van der Waals surface area contributed by atoms with Gasteiger partial charge in [0.15, 0.2) is 0 Å². The largest absolute Gasteiger partial charge is 0.450 e. The Hall–Kier alpha value is -0.660. The minimum absolute atomic E-state index is 0.609. The van der Waals surface area contributed by atoms with E-state index in [2.05, 4.69) is 0 Å². The van der Waals surface area contributed by atoms with Crippen molar-refractivity contribution in [2.24, 2.45) is 0 Å². The van der Waals surface area contributed by atoms with Crippen molar-refractivity contribution in [3.8, 4) is 0 Å². The van der Waals surface area contributed by atoms with Crippen LogP contribution >= 0.6 is 0 Å². The molecule has 0 N–H and O–H groups in total. The van der Waals surface area contributed by atoms with Crippen molar-refractivity contribution < 1.29 is 9.47 Å². The molecule has 0 aromatic rings. The van der Waals surface area contributed by atoms with Gasteiger partial charge < -0.3 is 9.47 Å². The molecule has 39 valence electrons. The molecule has 0 aromatic heterocycles. The first kappa shape index (κ1) is 4.50. The van der Waals surface area contributed by atoms with E-state index in [0.717, 1.165) is 5.76 Å². The van der Waals surface area contributed by atoms with E-state index in [1.54, 1.807) is 13.2 Å². The summed E-state index contributed by atoms with van der Waals surface area (Å²) in [6.45, 7) is 3.61. The first-order valence-corrected chi connectivity index (χ1v) is 2.14. The summed E-state index contributed by atoms with van der Waals surface area (Å²) >= 11 is 0. The van der Waals surface area contributed by atoms with Crippen molar-refractivity contribution in [2.75, 3.05) is 0 Å². The highest BCUT2D eigenvalue weighted by molar-refractivity contribution is 4.91. The SMILES string of the molecule is C[C]1OC=C(C)O1. The molecule has 2 heteroatoms. The van der Waals surface area contributed by atoms with Gasteiger partial charge >= 0.3 is 6.29 Å². The summed E-state index contributed by atoms with van der Waals surface area (Å²) in [6, 6.07) is 0. The van der Waals surface area contributed by atoms with E-state index in [9.17, 15) is 0 Å². The van der Waals surface area contributed by atoms with Crippen molar-refractivity contribution in [2.45, 2.75) is 13.8 Å². The monoisotopic (exact) mass is 99.0 g/mol. The lowest BCUT2D eigenvalue weighted by Gasteiger charge is -1.97. The highest BCUT2D eigenvalue weighted by atomic mass is 16.7. The lowest BCUT2D eigenvalue weighted by atomic mass is 10.6. The Morgan fingerprint density at radius 1 is 1.43 bits per heavy atom. The minimum atomic E-state index is 0.609. The van der Waals surface area contributed by atoms with Gasteiger partial charge in [0.2, 0.25) is 0 Å². The lowest BCUT2D eigenvalue weighted by molar-refractivity contribution is 0.0968. The van der Waals surface area contributed by atoms with Crippen LogP contribution in [0.15, 0.2) is 12.0 Å². The zero-order valence-corrected chi connectivity index (χ0v) is 4.39. The van der Waals surface area contributed by atoms with Crippen LogP contribution in [-0.4, -0.2) is 0 Å². The average molecular weight is 99.1 g/mol.